The number of rotatable bonds is 5. The number of hydrogen-bond donors (Lipinski definition) is 3. The fourth-order valence-electron chi connectivity index (χ4n) is 2.12. The first-order valence-corrected chi connectivity index (χ1v) is 9.46. The second-order valence-electron chi connectivity index (χ2n) is 5.16. The molecule has 0 spiro atoms. The Morgan fingerprint density at radius 3 is 2.25 bits per heavy atom. The van der Waals surface area contributed by atoms with Gasteiger partial charge in [0.2, 0.25) is 10.0 Å². The van der Waals surface area contributed by atoms with Crippen molar-refractivity contribution in [3.63, 3.8) is 0 Å². The van der Waals surface area contributed by atoms with Crippen LogP contribution < -0.4 is 16.2 Å². The van der Waals surface area contributed by atoms with Gasteiger partial charge < -0.3 is 11.5 Å². The van der Waals surface area contributed by atoms with Crippen molar-refractivity contribution >= 4 is 32.2 Å². The zero-order valence-corrected chi connectivity index (χ0v) is 14.3. The Balaban J connectivity index is 1.69. The molecule has 0 unspecified atom stereocenters. The second kappa shape index (κ2) is 6.60. The van der Waals surface area contributed by atoms with Crippen LogP contribution in [0, 0.1) is 0 Å². The number of sulfonamides is 1. The Kier molecular flexibility index (Phi) is 4.52. The first-order chi connectivity index (χ1) is 11.4. The number of aromatic nitrogens is 1. The van der Waals surface area contributed by atoms with E-state index in [1.807, 2.05) is 29.6 Å². The van der Waals surface area contributed by atoms with Crippen molar-refractivity contribution < 1.29 is 8.42 Å². The lowest BCUT2D eigenvalue weighted by molar-refractivity contribution is 0.581. The van der Waals surface area contributed by atoms with E-state index in [9.17, 15) is 8.42 Å². The van der Waals surface area contributed by atoms with Gasteiger partial charge in [0.25, 0.3) is 0 Å². The summed E-state index contributed by atoms with van der Waals surface area (Å²) in [7, 11) is -3.57. The maximum absolute atomic E-state index is 12.2. The number of nitrogens with two attached hydrogens (primary N) is 2. The fraction of sp³-hybridized carbons (Fsp3) is 0.0625. The topological polar surface area (TPSA) is 111 Å². The highest BCUT2D eigenvalue weighted by molar-refractivity contribution is 7.89. The SMILES string of the molecule is Nc1ccc(S(=O)(=O)NCc2ccc(-c3csc(N)n3)cc2)cc1. The van der Waals surface area contributed by atoms with E-state index < -0.39 is 10.0 Å². The molecule has 5 N–H and O–H groups in total. The molecule has 0 saturated heterocycles. The van der Waals surface area contributed by atoms with Crippen molar-refractivity contribution in [3.8, 4) is 11.3 Å². The van der Waals surface area contributed by atoms with Crippen LogP contribution >= 0.6 is 11.3 Å². The molecule has 0 atom stereocenters. The van der Waals surface area contributed by atoms with Gasteiger partial charge in [0, 0.05) is 23.2 Å². The molecule has 3 rings (SSSR count). The van der Waals surface area contributed by atoms with Crippen molar-refractivity contribution in [3.05, 3.63) is 59.5 Å². The zero-order chi connectivity index (χ0) is 17.2. The monoisotopic (exact) mass is 360 g/mol. The minimum atomic E-state index is -3.57. The molecule has 0 amide bonds. The van der Waals surface area contributed by atoms with Gasteiger partial charge in [-0.1, -0.05) is 24.3 Å². The van der Waals surface area contributed by atoms with Crippen LogP contribution in [0.25, 0.3) is 11.3 Å². The third kappa shape index (κ3) is 3.73. The Morgan fingerprint density at radius 1 is 1.00 bits per heavy atom. The predicted molar refractivity (Wildman–Crippen MR) is 96.8 cm³/mol. The van der Waals surface area contributed by atoms with E-state index in [1.54, 1.807) is 12.1 Å². The molecule has 1 aromatic heterocycles. The van der Waals surface area contributed by atoms with Crippen molar-refractivity contribution in [1.82, 2.24) is 9.71 Å². The van der Waals surface area contributed by atoms with Gasteiger partial charge in [-0.3, -0.25) is 0 Å². The van der Waals surface area contributed by atoms with Crippen LogP contribution in [-0.2, 0) is 16.6 Å². The molecule has 2 aromatic carbocycles. The van der Waals surface area contributed by atoms with Gasteiger partial charge in [-0.2, -0.15) is 0 Å². The Morgan fingerprint density at radius 2 is 1.67 bits per heavy atom. The molecule has 24 heavy (non-hydrogen) atoms. The minimum absolute atomic E-state index is 0.186. The normalized spacial score (nSPS) is 11.5. The Bertz CT molecular complexity index is 933. The van der Waals surface area contributed by atoms with E-state index in [0.29, 0.717) is 10.8 Å². The molecule has 0 saturated carbocycles. The summed E-state index contributed by atoms with van der Waals surface area (Å²) in [6.07, 6.45) is 0. The molecule has 8 heteroatoms. The highest BCUT2D eigenvalue weighted by Crippen LogP contribution is 2.23. The van der Waals surface area contributed by atoms with Gasteiger partial charge in [0.1, 0.15) is 0 Å². The van der Waals surface area contributed by atoms with Crippen LogP contribution in [0.2, 0.25) is 0 Å². The van der Waals surface area contributed by atoms with Crippen LogP contribution in [0.4, 0.5) is 10.8 Å². The molecular formula is C16H16N4O2S2. The standard InChI is InChI=1S/C16H16N4O2S2/c17-13-5-7-14(8-6-13)24(21,22)19-9-11-1-3-12(4-2-11)15-10-23-16(18)20-15/h1-8,10,19H,9,17H2,(H2,18,20). The average molecular weight is 360 g/mol. The first-order valence-electron chi connectivity index (χ1n) is 7.09. The second-order valence-corrected chi connectivity index (χ2v) is 7.82. The van der Waals surface area contributed by atoms with Crippen molar-refractivity contribution in [1.29, 1.82) is 0 Å². The van der Waals surface area contributed by atoms with Gasteiger partial charge in [-0.15, -0.1) is 11.3 Å². The van der Waals surface area contributed by atoms with E-state index in [2.05, 4.69) is 9.71 Å². The maximum atomic E-state index is 12.2. The lowest BCUT2D eigenvalue weighted by Crippen LogP contribution is -2.23. The van der Waals surface area contributed by atoms with Crippen LogP contribution in [0.1, 0.15) is 5.56 Å². The fourth-order valence-corrected chi connectivity index (χ4v) is 3.71. The molecule has 1 heterocycles. The molecule has 0 bridgehead atoms. The molecule has 3 aromatic rings. The number of benzene rings is 2. The van der Waals surface area contributed by atoms with E-state index in [1.165, 1.54) is 23.5 Å². The summed E-state index contributed by atoms with van der Waals surface area (Å²) >= 11 is 1.38. The van der Waals surface area contributed by atoms with Gasteiger partial charge >= 0.3 is 0 Å². The van der Waals surface area contributed by atoms with Gasteiger partial charge in [-0.25, -0.2) is 18.1 Å². The molecule has 0 aliphatic rings. The number of nitrogen functional groups attached to an aromatic ring is 2. The molecule has 0 fully saturated rings. The summed E-state index contributed by atoms with van der Waals surface area (Å²) in [6, 6.07) is 13.6. The summed E-state index contributed by atoms with van der Waals surface area (Å²) in [6.45, 7) is 0.201. The van der Waals surface area contributed by atoms with Gasteiger partial charge in [-0.05, 0) is 29.8 Å². The molecule has 6 nitrogen and oxygen atoms in total. The van der Waals surface area contributed by atoms with Gasteiger partial charge in [0.05, 0.1) is 10.6 Å². The molecule has 0 aliphatic heterocycles. The number of thiazole rings is 1. The van der Waals surface area contributed by atoms with Gasteiger partial charge in [0.15, 0.2) is 5.13 Å². The third-order valence-electron chi connectivity index (χ3n) is 3.43. The highest BCUT2D eigenvalue weighted by Gasteiger charge is 2.13. The van der Waals surface area contributed by atoms with E-state index >= 15 is 0 Å². The van der Waals surface area contributed by atoms with Crippen LogP contribution in [0.15, 0.2) is 58.8 Å². The maximum Gasteiger partial charge on any atom is 0.240 e. The Hall–Kier alpha value is -2.42. The molecule has 0 aliphatic carbocycles. The zero-order valence-electron chi connectivity index (χ0n) is 12.6. The first kappa shape index (κ1) is 16.4. The lowest BCUT2D eigenvalue weighted by atomic mass is 10.1. The quantitative estimate of drug-likeness (QED) is 0.605. The summed E-state index contributed by atoms with van der Waals surface area (Å²) in [5.41, 5.74) is 14.3. The van der Waals surface area contributed by atoms with Crippen molar-refractivity contribution in [2.45, 2.75) is 11.4 Å². The number of hydrogen-bond acceptors (Lipinski definition) is 6. The van der Waals surface area contributed by atoms with Crippen LogP contribution in [-0.4, -0.2) is 13.4 Å². The van der Waals surface area contributed by atoms with Crippen LogP contribution in [0.3, 0.4) is 0 Å². The summed E-state index contributed by atoms with van der Waals surface area (Å²) in [5.74, 6) is 0. The van der Waals surface area contributed by atoms with E-state index in [0.717, 1.165) is 16.8 Å². The summed E-state index contributed by atoms with van der Waals surface area (Å²) in [4.78, 5) is 4.40. The van der Waals surface area contributed by atoms with E-state index in [4.69, 9.17) is 11.5 Å². The van der Waals surface area contributed by atoms with Crippen molar-refractivity contribution in [2.75, 3.05) is 11.5 Å². The Labute approximate surface area is 144 Å². The van der Waals surface area contributed by atoms with Crippen molar-refractivity contribution in [2.24, 2.45) is 0 Å². The number of nitrogens with zero attached hydrogens (tertiary/aromatic N) is 1. The lowest BCUT2D eigenvalue weighted by Gasteiger charge is -2.07. The highest BCUT2D eigenvalue weighted by atomic mass is 32.2. The summed E-state index contributed by atoms with van der Waals surface area (Å²) in [5, 5.41) is 2.40. The predicted octanol–water partition coefficient (Wildman–Crippen LogP) is 2.45. The molecular weight excluding hydrogens is 344 g/mol. The average Bonchev–Trinajstić information content (AvgIpc) is 3.00. The summed E-state index contributed by atoms with van der Waals surface area (Å²) < 4.78 is 27.0. The molecule has 124 valence electrons. The largest absolute Gasteiger partial charge is 0.399 e. The third-order valence-corrected chi connectivity index (χ3v) is 5.52. The van der Waals surface area contributed by atoms with E-state index in [-0.39, 0.29) is 11.4 Å². The number of nitrogens with one attached hydrogen (secondary N) is 1. The smallest absolute Gasteiger partial charge is 0.240 e. The number of anilines is 2. The minimum Gasteiger partial charge on any atom is -0.399 e. The van der Waals surface area contributed by atoms with Crippen LogP contribution in [0.5, 0.6) is 0 Å². The molecule has 0 radical (unpaired) electrons.